The van der Waals surface area contributed by atoms with Crippen molar-refractivity contribution in [3.63, 3.8) is 0 Å². The summed E-state index contributed by atoms with van der Waals surface area (Å²) < 4.78 is 39.5. The van der Waals surface area contributed by atoms with Crippen molar-refractivity contribution in [3.8, 4) is 0 Å². The van der Waals surface area contributed by atoms with E-state index in [4.69, 9.17) is 0 Å². The standard InChI is InChI=1S/C19H19F3N4O/c1-11-10-17-23-12(2)16(13(3)26(17)25-11)8-9-18(27)24-15-6-4-14(5-7-15)19(20,21)22/h4-7,10H,8-9H2,1-3H3,(H,24,27). The third kappa shape index (κ3) is 4.10. The second kappa shape index (κ2) is 7.02. The minimum atomic E-state index is -4.39. The van der Waals surface area contributed by atoms with E-state index in [1.165, 1.54) is 12.1 Å². The molecule has 8 heteroatoms. The summed E-state index contributed by atoms with van der Waals surface area (Å²) in [7, 11) is 0. The zero-order valence-electron chi connectivity index (χ0n) is 15.2. The van der Waals surface area contributed by atoms with Crippen LogP contribution >= 0.6 is 0 Å². The third-order valence-electron chi connectivity index (χ3n) is 4.38. The van der Waals surface area contributed by atoms with E-state index in [1.54, 1.807) is 4.52 Å². The zero-order chi connectivity index (χ0) is 19.8. The number of hydrogen-bond donors (Lipinski definition) is 1. The molecular formula is C19H19F3N4O. The molecule has 0 saturated carbocycles. The lowest BCUT2D eigenvalue weighted by Crippen LogP contribution is -2.14. The van der Waals surface area contributed by atoms with Crippen molar-refractivity contribution in [2.75, 3.05) is 5.32 Å². The van der Waals surface area contributed by atoms with Gasteiger partial charge in [-0.3, -0.25) is 4.79 Å². The molecule has 0 fully saturated rings. The van der Waals surface area contributed by atoms with Crippen molar-refractivity contribution >= 4 is 17.2 Å². The molecule has 0 spiro atoms. The monoisotopic (exact) mass is 376 g/mol. The zero-order valence-corrected chi connectivity index (χ0v) is 15.2. The second-order valence-electron chi connectivity index (χ2n) is 6.44. The van der Waals surface area contributed by atoms with Crippen LogP contribution in [0.25, 0.3) is 5.65 Å². The van der Waals surface area contributed by atoms with Crippen LogP contribution in [0.5, 0.6) is 0 Å². The van der Waals surface area contributed by atoms with Crippen LogP contribution in [0.1, 0.15) is 34.6 Å². The van der Waals surface area contributed by atoms with Gasteiger partial charge in [0.1, 0.15) is 0 Å². The van der Waals surface area contributed by atoms with Crippen molar-refractivity contribution in [2.24, 2.45) is 0 Å². The molecule has 0 aliphatic heterocycles. The molecule has 3 rings (SSSR count). The number of aryl methyl sites for hydroxylation is 3. The fraction of sp³-hybridized carbons (Fsp3) is 0.316. The van der Waals surface area contributed by atoms with E-state index >= 15 is 0 Å². The SMILES string of the molecule is Cc1cc2nc(C)c(CCC(=O)Nc3ccc(C(F)(F)F)cc3)c(C)n2n1. The Morgan fingerprint density at radius 3 is 2.44 bits per heavy atom. The molecule has 0 atom stereocenters. The van der Waals surface area contributed by atoms with E-state index in [-0.39, 0.29) is 12.3 Å². The summed E-state index contributed by atoms with van der Waals surface area (Å²) >= 11 is 0. The van der Waals surface area contributed by atoms with Gasteiger partial charge in [-0.05, 0) is 57.0 Å². The molecular weight excluding hydrogens is 357 g/mol. The molecule has 142 valence electrons. The predicted octanol–water partition coefficient (Wildman–Crippen LogP) is 4.24. The molecule has 0 unspecified atom stereocenters. The van der Waals surface area contributed by atoms with E-state index in [9.17, 15) is 18.0 Å². The lowest BCUT2D eigenvalue weighted by molar-refractivity contribution is -0.137. The number of aromatic nitrogens is 3. The predicted molar refractivity (Wildman–Crippen MR) is 95.6 cm³/mol. The second-order valence-corrected chi connectivity index (χ2v) is 6.44. The largest absolute Gasteiger partial charge is 0.416 e. The summed E-state index contributed by atoms with van der Waals surface area (Å²) in [5.41, 5.74) is 3.91. The minimum Gasteiger partial charge on any atom is -0.326 e. The Morgan fingerprint density at radius 1 is 1.15 bits per heavy atom. The number of halogens is 3. The Morgan fingerprint density at radius 2 is 1.81 bits per heavy atom. The summed E-state index contributed by atoms with van der Waals surface area (Å²) in [4.78, 5) is 16.7. The number of nitrogens with zero attached hydrogens (tertiary/aromatic N) is 3. The van der Waals surface area contributed by atoms with Crippen LogP contribution in [0.3, 0.4) is 0 Å². The van der Waals surface area contributed by atoms with Gasteiger partial charge < -0.3 is 5.32 Å². The average Bonchev–Trinajstić information content (AvgIpc) is 2.94. The highest BCUT2D eigenvalue weighted by Crippen LogP contribution is 2.29. The summed E-state index contributed by atoms with van der Waals surface area (Å²) in [6, 6.07) is 6.28. The minimum absolute atomic E-state index is 0.191. The Balaban J connectivity index is 1.68. The first-order valence-corrected chi connectivity index (χ1v) is 8.44. The van der Waals surface area contributed by atoms with Crippen molar-refractivity contribution in [1.82, 2.24) is 14.6 Å². The van der Waals surface area contributed by atoms with Crippen LogP contribution in [0.15, 0.2) is 30.3 Å². The van der Waals surface area contributed by atoms with Gasteiger partial charge in [-0.2, -0.15) is 18.3 Å². The van der Waals surface area contributed by atoms with Gasteiger partial charge in [0, 0.05) is 29.6 Å². The molecule has 1 aromatic carbocycles. The van der Waals surface area contributed by atoms with E-state index < -0.39 is 11.7 Å². The number of amides is 1. The van der Waals surface area contributed by atoms with Crippen molar-refractivity contribution < 1.29 is 18.0 Å². The van der Waals surface area contributed by atoms with Crippen LogP contribution in [0, 0.1) is 20.8 Å². The van der Waals surface area contributed by atoms with Crippen molar-refractivity contribution in [1.29, 1.82) is 0 Å². The van der Waals surface area contributed by atoms with E-state index in [0.29, 0.717) is 12.1 Å². The number of rotatable bonds is 4. The van der Waals surface area contributed by atoms with Gasteiger partial charge in [-0.15, -0.1) is 0 Å². The fourth-order valence-electron chi connectivity index (χ4n) is 3.01. The summed E-state index contributed by atoms with van der Waals surface area (Å²) in [6.07, 6.45) is -3.74. The first-order chi connectivity index (χ1) is 12.6. The van der Waals surface area contributed by atoms with E-state index in [2.05, 4.69) is 15.4 Å². The van der Waals surface area contributed by atoms with Crippen LogP contribution in [0.4, 0.5) is 18.9 Å². The van der Waals surface area contributed by atoms with Gasteiger partial charge in [-0.25, -0.2) is 9.50 Å². The molecule has 2 aromatic heterocycles. The number of carbonyl (C=O) groups excluding carboxylic acids is 1. The molecule has 27 heavy (non-hydrogen) atoms. The maximum absolute atomic E-state index is 12.6. The van der Waals surface area contributed by atoms with Crippen LogP contribution < -0.4 is 5.32 Å². The molecule has 2 heterocycles. The Labute approximate surface area is 154 Å². The molecule has 0 aliphatic rings. The molecule has 0 radical (unpaired) electrons. The quantitative estimate of drug-likeness (QED) is 0.741. The van der Waals surface area contributed by atoms with Gasteiger partial charge in [0.2, 0.25) is 5.91 Å². The number of carbonyl (C=O) groups is 1. The molecule has 1 amide bonds. The summed E-state index contributed by atoms with van der Waals surface area (Å²) in [5.74, 6) is -0.273. The highest BCUT2D eigenvalue weighted by Gasteiger charge is 2.30. The van der Waals surface area contributed by atoms with Gasteiger partial charge in [-0.1, -0.05) is 0 Å². The van der Waals surface area contributed by atoms with Gasteiger partial charge in [0.25, 0.3) is 0 Å². The number of alkyl halides is 3. The molecule has 3 aromatic rings. The number of nitrogens with one attached hydrogen (secondary N) is 1. The Kier molecular flexibility index (Phi) is 4.91. The van der Waals surface area contributed by atoms with Gasteiger partial charge in [0.15, 0.2) is 5.65 Å². The van der Waals surface area contributed by atoms with Gasteiger partial charge in [0.05, 0.1) is 11.3 Å². The Bertz CT molecular complexity index is 991. The smallest absolute Gasteiger partial charge is 0.326 e. The number of hydrogen-bond acceptors (Lipinski definition) is 3. The van der Waals surface area contributed by atoms with Crippen LogP contribution in [0.2, 0.25) is 0 Å². The molecule has 0 bridgehead atoms. The van der Waals surface area contributed by atoms with Crippen molar-refractivity contribution in [3.05, 3.63) is 58.5 Å². The van der Waals surface area contributed by atoms with E-state index in [1.807, 2.05) is 26.8 Å². The topological polar surface area (TPSA) is 59.3 Å². The highest BCUT2D eigenvalue weighted by atomic mass is 19.4. The lowest BCUT2D eigenvalue weighted by Gasteiger charge is -2.12. The van der Waals surface area contributed by atoms with E-state index in [0.717, 1.165) is 40.4 Å². The van der Waals surface area contributed by atoms with Crippen molar-refractivity contribution in [2.45, 2.75) is 39.8 Å². The first-order valence-electron chi connectivity index (χ1n) is 8.44. The Hall–Kier alpha value is -2.90. The number of fused-ring (bicyclic) bond motifs is 1. The molecule has 5 nitrogen and oxygen atoms in total. The lowest BCUT2D eigenvalue weighted by atomic mass is 10.1. The van der Waals surface area contributed by atoms with Gasteiger partial charge >= 0.3 is 6.18 Å². The first kappa shape index (κ1) is 18.9. The maximum atomic E-state index is 12.6. The normalized spacial score (nSPS) is 11.8. The summed E-state index contributed by atoms with van der Waals surface area (Å²) in [6.45, 7) is 5.70. The van der Waals surface area contributed by atoms with Crippen LogP contribution in [-0.4, -0.2) is 20.5 Å². The highest BCUT2D eigenvalue weighted by molar-refractivity contribution is 5.90. The molecule has 0 saturated heterocycles. The molecule has 0 aliphatic carbocycles. The molecule has 1 N–H and O–H groups in total. The maximum Gasteiger partial charge on any atom is 0.416 e. The third-order valence-corrected chi connectivity index (χ3v) is 4.38. The van der Waals surface area contributed by atoms with Crippen LogP contribution in [-0.2, 0) is 17.4 Å². The fourth-order valence-corrected chi connectivity index (χ4v) is 3.01. The number of anilines is 1. The average molecular weight is 376 g/mol. The summed E-state index contributed by atoms with van der Waals surface area (Å²) in [5, 5.41) is 7.02. The number of benzene rings is 1.